The molecule has 22 heavy (non-hydrogen) atoms. The first-order valence-electron chi connectivity index (χ1n) is 7.51. The SMILES string of the molecule is CCc1nc(CNc2nc(C)nc3c(C)nn(CC)c23)cs1. The fraction of sp³-hybridized carbons (Fsp3) is 0.467. The molecule has 3 rings (SSSR count). The Hall–Kier alpha value is -2.02. The molecule has 6 nitrogen and oxygen atoms in total. The standard InChI is InChI=1S/C15H20N6S/c1-5-12-19-11(8-22-12)7-16-15-14-13(17-10(4)18-15)9(3)20-21(14)6-2/h8H,5-7H2,1-4H3,(H,16,17,18). The minimum absolute atomic E-state index is 0.663. The van der Waals surface area contributed by atoms with Crippen LogP contribution in [0.5, 0.6) is 0 Å². The highest BCUT2D eigenvalue weighted by molar-refractivity contribution is 7.09. The van der Waals surface area contributed by atoms with Crippen molar-refractivity contribution in [1.29, 1.82) is 0 Å². The van der Waals surface area contributed by atoms with Gasteiger partial charge in [0.25, 0.3) is 0 Å². The van der Waals surface area contributed by atoms with E-state index in [1.807, 2.05) is 18.5 Å². The van der Waals surface area contributed by atoms with E-state index in [1.165, 1.54) is 0 Å². The van der Waals surface area contributed by atoms with E-state index in [9.17, 15) is 0 Å². The Morgan fingerprint density at radius 3 is 2.68 bits per heavy atom. The van der Waals surface area contributed by atoms with Crippen molar-refractivity contribution in [1.82, 2.24) is 24.7 Å². The number of aryl methyl sites for hydroxylation is 4. The summed E-state index contributed by atoms with van der Waals surface area (Å²) in [4.78, 5) is 13.7. The normalized spacial score (nSPS) is 11.3. The van der Waals surface area contributed by atoms with E-state index in [-0.39, 0.29) is 0 Å². The summed E-state index contributed by atoms with van der Waals surface area (Å²) in [6, 6.07) is 0. The second-order valence-corrected chi connectivity index (χ2v) is 6.10. The molecule has 0 saturated carbocycles. The van der Waals surface area contributed by atoms with Gasteiger partial charge in [0.05, 0.1) is 22.9 Å². The minimum Gasteiger partial charge on any atom is -0.362 e. The smallest absolute Gasteiger partial charge is 0.156 e. The van der Waals surface area contributed by atoms with Crippen molar-refractivity contribution < 1.29 is 0 Å². The zero-order chi connectivity index (χ0) is 15.7. The average molecular weight is 316 g/mol. The van der Waals surface area contributed by atoms with Crippen LogP contribution < -0.4 is 5.32 Å². The van der Waals surface area contributed by atoms with Crippen LogP contribution in [0.4, 0.5) is 5.82 Å². The lowest BCUT2D eigenvalue weighted by molar-refractivity contribution is 0.675. The predicted molar refractivity (Wildman–Crippen MR) is 89.3 cm³/mol. The largest absolute Gasteiger partial charge is 0.362 e. The monoisotopic (exact) mass is 316 g/mol. The second-order valence-electron chi connectivity index (χ2n) is 5.16. The first-order chi connectivity index (χ1) is 10.6. The summed E-state index contributed by atoms with van der Waals surface area (Å²) < 4.78 is 1.95. The lowest BCUT2D eigenvalue weighted by Crippen LogP contribution is -2.07. The third-order valence-corrected chi connectivity index (χ3v) is 4.55. The molecule has 0 unspecified atom stereocenters. The van der Waals surface area contributed by atoms with Crippen molar-refractivity contribution in [2.75, 3.05) is 5.32 Å². The van der Waals surface area contributed by atoms with Crippen LogP contribution in [0.15, 0.2) is 5.38 Å². The number of nitrogens with zero attached hydrogens (tertiary/aromatic N) is 5. The Morgan fingerprint density at radius 1 is 1.18 bits per heavy atom. The summed E-state index contributed by atoms with van der Waals surface area (Å²) in [7, 11) is 0. The van der Waals surface area contributed by atoms with Crippen LogP contribution in [0, 0.1) is 13.8 Å². The van der Waals surface area contributed by atoms with E-state index in [0.717, 1.165) is 52.0 Å². The zero-order valence-corrected chi connectivity index (χ0v) is 14.2. The van der Waals surface area contributed by atoms with E-state index in [4.69, 9.17) is 0 Å². The Bertz CT molecular complexity index is 804. The molecular formula is C15H20N6S. The van der Waals surface area contributed by atoms with Gasteiger partial charge in [0, 0.05) is 11.9 Å². The predicted octanol–water partition coefficient (Wildman–Crippen LogP) is 3.09. The molecule has 0 saturated heterocycles. The van der Waals surface area contributed by atoms with Gasteiger partial charge in [-0.25, -0.2) is 15.0 Å². The Balaban J connectivity index is 1.95. The molecule has 0 radical (unpaired) electrons. The Labute approximate surface area is 133 Å². The molecule has 0 atom stereocenters. The maximum atomic E-state index is 4.58. The molecule has 0 bridgehead atoms. The van der Waals surface area contributed by atoms with Gasteiger partial charge in [0.2, 0.25) is 0 Å². The highest BCUT2D eigenvalue weighted by Crippen LogP contribution is 2.23. The van der Waals surface area contributed by atoms with E-state index in [2.05, 4.69) is 44.6 Å². The summed E-state index contributed by atoms with van der Waals surface area (Å²) in [5.74, 6) is 1.58. The van der Waals surface area contributed by atoms with Crippen molar-refractivity contribution in [2.45, 2.75) is 47.2 Å². The summed E-state index contributed by atoms with van der Waals surface area (Å²) in [6.07, 6.45) is 0.976. The maximum Gasteiger partial charge on any atom is 0.156 e. The Morgan fingerprint density at radius 2 is 2.00 bits per heavy atom. The van der Waals surface area contributed by atoms with Gasteiger partial charge in [0.15, 0.2) is 5.82 Å². The molecule has 3 aromatic rings. The van der Waals surface area contributed by atoms with Crippen LogP contribution in [0.25, 0.3) is 11.0 Å². The van der Waals surface area contributed by atoms with Gasteiger partial charge in [-0.2, -0.15) is 5.10 Å². The number of aromatic nitrogens is 5. The topological polar surface area (TPSA) is 68.5 Å². The number of thiazole rings is 1. The first kappa shape index (κ1) is 14.9. The van der Waals surface area contributed by atoms with Crippen molar-refractivity contribution >= 4 is 28.2 Å². The van der Waals surface area contributed by atoms with Crippen LogP contribution >= 0.6 is 11.3 Å². The van der Waals surface area contributed by atoms with Crippen LogP contribution in [0.1, 0.15) is 36.1 Å². The second kappa shape index (κ2) is 6.00. The maximum absolute atomic E-state index is 4.58. The summed E-state index contributed by atoms with van der Waals surface area (Å²) >= 11 is 1.70. The van der Waals surface area contributed by atoms with Crippen LogP contribution in [0.3, 0.4) is 0 Å². The molecule has 0 aromatic carbocycles. The molecule has 1 N–H and O–H groups in total. The fourth-order valence-electron chi connectivity index (χ4n) is 2.46. The Kier molecular flexibility index (Phi) is 4.06. The molecule has 3 aromatic heterocycles. The zero-order valence-electron chi connectivity index (χ0n) is 13.3. The van der Waals surface area contributed by atoms with Crippen LogP contribution in [-0.4, -0.2) is 24.7 Å². The van der Waals surface area contributed by atoms with Gasteiger partial charge in [-0.15, -0.1) is 11.3 Å². The van der Waals surface area contributed by atoms with Gasteiger partial charge in [-0.1, -0.05) is 6.92 Å². The summed E-state index contributed by atoms with van der Waals surface area (Å²) in [6.45, 7) is 9.54. The minimum atomic E-state index is 0.663. The van der Waals surface area contributed by atoms with Gasteiger partial charge in [0.1, 0.15) is 16.9 Å². The molecule has 0 aliphatic carbocycles. The fourth-order valence-corrected chi connectivity index (χ4v) is 3.21. The van der Waals surface area contributed by atoms with E-state index >= 15 is 0 Å². The van der Waals surface area contributed by atoms with Gasteiger partial charge < -0.3 is 5.32 Å². The number of hydrogen-bond acceptors (Lipinski definition) is 6. The summed E-state index contributed by atoms with van der Waals surface area (Å²) in [5, 5.41) is 11.2. The van der Waals surface area contributed by atoms with Gasteiger partial charge in [-0.3, -0.25) is 4.68 Å². The highest BCUT2D eigenvalue weighted by atomic mass is 32.1. The summed E-state index contributed by atoms with van der Waals surface area (Å²) in [5.41, 5.74) is 3.87. The lowest BCUT2D eigenvalue weighted by atomic mass is 10.3. The molecule has 0 amide bonds. The van der Waals surface area contributed by atoms with E-state index in [1.54, 1.807) is 11.3 Å². The number of rotatable bonds is 5. The lowest BCUT2D eigenvalue weighted by Gasteiger charge is -2.08. The van der Waals surface area contributed by atoms with Crippen molar-refractivity contribution in [3.05, 3.63) is 27.6 Å². The average Bonchev–Trinajstić information content (AvgIpc) is 3.09. The van der Waals surface area contributed by atoms with Gasteiger partial charge >= 0.3 is 0 Å². The molecule has 116 valence electrons. The third kappa shape index (κ3) is 2.68. The van der Waals surface area contributed by atoms with E-state index in [0.29, 0.717) is 6.54 Å². The molecule has 3 heterocycles. The van der Waals surface area contributed by atoms with Crippen molar-refractivity contribution in [3.63, 3.8) is 0 Å². The third-order valence-electron chi connectivity index (χ3n) is 3.51. The number of fused-ring (bicyclic) bond motifs is 1. The quantitative estimate of drug-likeness (QED) is 0.783. The highest BCUT2D eigenvalue weighted by Gasteiger charge is 2.15. The molecule has 0 aliphatic rings. The number of anilines is 1. The van der Waals surface area contributed by atoms with E-state index < -0.39 is 0 Å². The van der Waals surface area contributed by atoms with Crippen LogP contribution in [-0.2, 0) is 19.5 Å². The number of nitrogens with one attached hydrogen (secondary N) is 1. The van der Waals surface area contributed by atoms with Crippen molar-refractivity contribution in [2.24, 2.45) is 0 Å². The molecule has 7 heteroatoms. The number of hydrogen-bond donors (Lipinski definition) is 1. The molecule has 0 spiro atoms. The van der Waals surface area contributed by atoms with Crippen LogP contribution in [0.2, 0.25) is 0 Å². The van der Waals surface area contributed by atoms with Gasteiger partial charge in [-0.05, 0) is 27.2 Å². The van der Waals surface area contributed by atoms with Crippen molar-refractivity contribution in [3.8, 4) is 0 Å². The molecule has 0 aliphatic heterocycles. The first-order valence-corrected chi connectivity index (χ1v) is 8.39. The molecular weight excluding hydrogens is 296 g/mol. The molecule has 0 fully saturated rings.